The lowest BCUT2D eigenvalue weighted by molar-refractivity contribution is 0.0884. The Kier molecular flexibility index (Phi) is 5.34. The molecule has 0 radical (unpaired) electrons. The second-order valence-corrected chi connectivity index (χ2v) is 8.99. The Morgan fingerprint density at radius 1 is 1.29 bits per heavy atom. The standard InChI is InChI=1S/C21H23Cl2NO4/c22-14-1-5-17(6-2-14)27-10-16(25)9-20-11-21(20,12-20)13-24-19(26)28-18-7-3-15(23)4-8-18/h1-3,5-8,15-16,25H,4,9-13H2,(H,24,26). The molecule has 2 atom stereocenters. The molecule has 0 bridgehead atoms. The van der Waals surface area contributed by atoms with E-state index in [-0.39, 0.29) is 22.8 Å². The van der Waals surface area contributed by atoms with Gasteiger partial charge in [0.1, 0.15) is 18.1 Å². The highest BCUT2D eigenvalue weighted by Crippen LogP contribution is 2.87. The molecule has 0 spiro atoms. The van der Waals surface area contributed by atoms with E-state index in [1.54, 1.807) is 30.3 Å². The van der Waals surface area contributed by atoms with Gasteiger partial charge in [0.05, 0.1) is 11.5 Å². The lowest BCUT2D eigenvalue weighted by atomic mass is 10.1. The van der Waals surface area contributed by atoms with E-state index < -0.39 is 12.2 Å². The summed E-state index contributed by atoms with van der Waals surface area (Å²) in [6.07, 6.45) is 7.74. The molecule has 2 saturated carbocycles. The fourth-order valence-corrected chi connectivity index (χ4v) is 4.38. The number of halogens is 2. The van der Waals surface area contributed by atoms with Crippen molar-refractivity contribution in [3.8, 4) is 5.75 Å². The summed E-state index contributed by atoms with van der Waals surface area (Å²) in [6.45, 7) is 0.822. The van der Waals surface area contributed by atoms with Crippen LogP contribution in [0.1, 0.15) is 25.7 Å². The van der Waals surface area contributed by atoms with Gasteiger partial charge in [-0.1, -0.05) is 17.7 Å². The summed E-state index contributed by atoms with van der Waals surface area (Å²) < 4.78 is 10.9. The van der Waals surface area contributed by atoms with Crippen molar-refractivity contribution in [2.24, 2.45) is 10.8 Å². The first-order valence-corrected chi connectivity index (χ1v) is 10.3. The molecular weight excluding hydrogens is 401 g/mol. The van der Waals surface area contributed by atoms with E-state index in [2.05, 4.69) is 5.32 Å². The number of rotatable bonds is 8. The SMILES string of the molecule is O=C(NCC12CC1(CC(O)COc1ccc(Cl)cc1)C2)OC1=CCC(Cl)C=C1. The molecule has 7 heteroatoms. The number of aliphatic hydroxyl groups excluding tert-OH is 1. The van der Waals surface area contributed by atoms with E-state index in [4.69, 9.17) is 32.7 Å². The Bertz CT molecular complexity index is 799. The maximum Gasteiger partial charge on any atom is 0.412 e. The quantitative estimate of drug-likeness (QED) is 0.606. The number of amides is 1. The van der Waals surface area contributed by atoms with Crippen molar-refractivity contribution in [2.45, 2.75) is 37.2 Å². The third kappa shape index (κ3) is 4.32. The van der Waals surface area contributed by atoms with Gasteiger partial charge in [-0.05, 0) is 72.9 Å². The first-order chi connectivity index (χ1) is 13.4. The van der Waals surface area contributed by atoms with Crippen molar-refractivity contribution in [3.05, 3.63) is 53.3 Å². The molecule has 1 aromatic carbocycles. The van der Waals surface area contributed by atoms with E-state index in [0.717, 1.165) is 12.8 Å². The molecule has 0 heterocycles. The molecule has 3 aliphatic carbocycles. The van der Waals surface area contributed by atoms with Crippen molar-refractivity contribution in [1.82, 2.24) is 5.32 Å². The number of alkyl carbamates (subject to hydrolysis) is 1. The average Bonchev–Trinajstić information content (AvgIpc) is 3.47. The molecule has 1 amide bonds. The van der Waals surface area contributed by atoms with Crippen LogP contribution in [0.25, 0.3) is 0 Å². The summed E-state index contributed by atoms with van der Waals surface area (Å²) in [5.74, 6) is 1.22. The van der Waals surface area contributed by atoms with Crippen LogP contribution in [0.2, 0.25) is 5.02 Å². The summed E-state index contributed by atoms with van der Waals surface area (Å²) in [6, 6.07) is 7.08. The van der Waals surface area contributed by atoms with Crippen molar-refractivity contribution >= 4 is 29.3 Å². The zero-order valence-corrected chi connectivity index (χ0v) is 16.9. The fraction of sp³-hybridized carbons (Fsp3) is 0.476. The minimum absolute atomic E-state index is 0.0389. The van der Waals surface area contributed by atoms with Gasteiger partial charge in [-0.2, -0.15) is 0 Å². The highest BCUT2D eigenvalue weighted by atomic mass is 35.5. The Morgan fingerprint density at radius 2 is 2.04 bits per heavy atom. The van der Waals surface area contributed by atoms with Crippen molar-refractivity contribution in [2.75, 3.05) is 13.2 Å². The number of benzene rings is 1. The molecule has 1 aromatic rings. The molecule has 2 N–H and O–H groups in total. The molecule has 2 fully saturated rings. The first-order valence-electron chi connectivity index (χ1n) is 9.44. The maximum atomic E-state index is 12.0. The Morgan fingerprint density at radius 3 is 2.71 bits per heavy atom. The van der Waals surface area contributed by atoms with Crippen molar-refractivity contribution in [1.29, 1.82) is 0 Å². The third-order valence-electron chi connectivity index (χ3n) is 5.91. The fourth-order valence-electron chi connectivity index (χ4n) is 4.10. The number of hydrogen-bond acceptors (Lipinski definition) is 4. The number of carbonyl (C=O) groups is 1. The van der Waals surface area contributed by atoms with Crippen LogP contribution in [-0.4, -0.2) is 35.8 Å². The maximum absolute atomic E-state index is 12.0. The predicted molar refractivity (Wildman–Crippen MR) is 108 cm³/mol. The molecule has 3 aliphatic rings. The number of hydrogen-bond donors (Lipinski definition) is 2. The minimum Gasteiger partial charge on any atom is -0.491 e. The molecule has 150 valence electrons. The van der Waals surface area contributed by atoms with Crippen LogP contribution in [-0.2, 0) is 4.74 Å². The zero-order valence-electron chi connectivity index (χ0n) is 15.4. The van der Waals surface area contributed by atoms with Gasteiger partial charge in [0, 0.05) is 11.6 Å². The number of alkyl halides is 1. The molecular formula is C21H23Cl2NO4. The zero-order chi connectivity index (χ0) is 19.8. The van der Waals surface area contributed by atoms with Crippen molar-refractivity contribution in [3.63, 3.8) is 0 Å². The summed E-state index contributed by atoms with van der Waals surface area (Å²) >= 11 is 11.8. The molecule has 4 rings (SSSR count). The Labute approximate surface area is 174 Å². The first kappa shape index (κ1) is 19.6. The molecule has 2 unspecified atom stereocenters. The van der Waals surface area contributed by atoms with Crippen LogP contribution in [0.3, 0.4) is 0 Å². The number of ether oxygens (including phenoxy) is 2. The minimum atomic E-state index is -0.534. The third-order valence-corrected chi connectivity index (χ3v) is 6.48. The molecule has 0 aliphatic heterocycles. The highest BCUT2D eigenvalue weighted by molar-refractivity contribution is 6.30. The number of aliphatic hydroxyl groups is 1. The largest absolute Gasteiger partial charge is 0.491 e. The van der Waals surface area contributed by atoms with Crippen LogP contribution in [0.5, 0.6) is 5.75 Å². The Hall–Kier alpha value is -1.69. The lowest BCUT2D eigenvalue weighted by Crippen LogP contribution is -2.28. The normalized spacial score (nSPS) is 30.7. The van der Waals surface area contributed by atoms with E-state index >= 15 is 0 Å². The lowest BCUT2D eigenvalue weighted by Gasteiger charge is -2.13. The number of fused-ring (bicyclic) bond motifs is 1. The summed E-state index contributed by atoms with van der Waals surface area (Å²) in [7, 11) is 0. The molecule has 0 saturated heterocycles. The van der Waals surface area contributed by atoms with Crippen LogP contribution in [0.15, 0.2) is 48.3 Å². The van der Waals surface area contributed by atoms with Gasteiger partial charge in [-0.15, -0.1) is 11.6 Å². The van der Waals surface area contributed by atoms with Crippen LogP contribution in [0.4, 0.5) is 4.79 Å². The smallest absolute Gasteiger partial charge is 0.412 e. The highest BCUT2D eigenvalue weighted by Gasteiger charge is 2.82. The summed E-state index contributed by atoms with van der Waals surface area (Å²) in [5, 5.41) is 13.8. The van der Waals surface area contributed by atoms with Crippen LogP contribution >= 0.6 is 23.2 Å². The van der Waals surface area contributed by atoms with Crippen LogP contribution in [0, 0.1) is 10.8 Å². The van der Waals surface area contributed by atoms with Gasteiger partial charge in [0.2, 0.25) is 0 Å². The number of allylic oxidation sites excluding steroid dienone is 3. The second-order valence-electron chi connectivity index (χ2n) is 8.00. The number of nitrogens with one attached hydrogen (secondary N) is 1. The second kappa shape index (κ2) is 7.62. The van der Waals surface area contributed by atoms with Gasteiger partial charge in [-0.25, -0.2) is 4.79 Å². The van der Waals surface area contributed by atoms with Gasteiger partial charge >= 0.3 is 6.09 Å². The molecule has 0 aromatic heterocycles. The van der Waals surface area contributed by atoms with Gasteiger partial charge < -0.3 is 19.9 Å². The molecule has 28 heavy (non-hydrogen) atoms. The number of carbonyl (C=O) groups excluding carboxylic acids is 1. The molecule has 5 nitrogen and oxygen atoms in total. The van der Waals surface area contributed by atoms with Gasteiger partial charge in [0.25, 0.3) is 0 Å². The van der Waals surface area contributed by atoms with E-state index in [1.807, 2.05) is 12.2 Å². The van der Waals surface area contributed by atoms with E-state index in [1.165, 1.54) is 0 Å². The van der Waals surface area contributed by atoms with Crippen molar-refractivity contribution < 1.29 is 19.4 Å². The van der Waals surface area contributed by atoms with Gasteiger partial charge in [0.15, 0.2) is 0 Å². The van der Waals surface area contributed by atoms with E-state index in [9.17, 15) is 9.90 Å². The monoisotopic (exact) mass is 423 g/mol. The topological polar surface area (TPSA) is 67.8 Å². The summed E-state index contributed by atoms with van der Waals surface area (Å²) in [4.78, 5) is 12.0. The average molecular weight is 424 g/mol. The van der Waals surface area contributed by atoms with E-state index in [0.29, 0.717) is 35.9 Å². The predicted octanol–water partition coefficient (Wildman–Crippen LogP) is 4.43. The Balaban J connectivity index is 1.16. The summed E-state index contributed by atoms with van der Waals surface area (Å²) in [5.41, 5.74) is 0.254. The van der Waals surface area contributed by atoms with Gasteiger partial charge in [-0.3, -0.25) is 0 Å². The van der Waals surface area contributed by atoms with Crippen LogP contribution < -0.4 is 10.1 Å².